The summed E-state index contributed by atoms with van der Waals surface area (Å²) in [6.45, 7) is 5.84. The largest absolute Gasteiger partial charge is 0.493 e. The van der Waals surface area contributed by atoms with Crippen LogP contribution >= 0.6 is 0 Å². The van der Waals surface area contributed by atoms with Gasteiger partial charge in [0, 0.05) is 19.5 Å². The minimum atomic E-state index is -0.732. The molecule has 0 aromatic heterocycles. The lowest BCUT2D eigenvalue weighted by molar-refractivity contribution is -0.143. The van der Waals surface area contributed by atoms with E-state index in [9.17, 15) is 4.79 Å². The molecule has 0 aliphatic carbocycles. The lowest BCUT2D eigenvalue weighted by Gasteiger charge is -2.16. The molecule has 19 heavy (non-hydrogen) atoms. The molecule has 1 unspecified atom stereocenters. The number of fused-ring (bicyclic) bond motifs is 1. The van der Waals surface area contributed by atoms with Crippen molar-refractivity contribution in [2.45, 2.75) is 26.8 Å². The van der Waals surface area contributed by atoms with Crippen LogP contribution in [0.5, 0.6) is 5.75 Å². The second-order valence-electron chi connectivity index (χ2n) is 5.36. The van der Waals surface area contributed by atoms with E-state index in [2.05, 4.69) is 11.4 Å². The summed E-state index contributed by atoms with van der Waals surface area (Å²) in [5, 5.41) is 12.3. The van der Waals surface area contributed by atoms with E-state index >= 15 is 0 Å². The van der Waals surface area contributed by atoms with Crippen LogP contribution in [0.1, 0.15) is 25.0 Å². The maximum Gasteiger partial charge on any atom is 0.308 e. The lowest BCUT2D eigenvalue weighted by Crippen LogP contribution is -2.31. The van der Waals surface area contributed by atoms with Gasteiger partial charge in [-0.15, -0.1) is 0 Å². The summed E-state index contributed by atoms with van der Waals surface area (Å²) in [4.78, 5) is 11.1. The summed E-state index contributed by atoms with van der Waals surface area (Å²) in [6.07, 6.45) is 0.965. The molecule has 0 saturated carbocycles. The van der Waals surface area contributed by atoms with Gasteiger partial charge >= 0.3 is 5.97 Å². The number of aliphatic carboxylic acids is 1. The molecule has 1 heterocycles. The topological polar surface area (TPSA) is 58.6 Å². The van der Waals surface area contributed by atoms with Crippen molar-refractivity contribution in [1.29, 1.82) is 0 Å². The molecule has 0 spiro atoms. The zero-order chi connectivity index (χ0) is 13.8. The maximum absolute atomic E-state index is 11.1. The molecule has 1 aliphatic heterocycles. The van der Waals surface area contributed by atoms with Crippen LogP contribution in [-0.4, -0.2) is 24.2 Å². The first-order valence-corrected chi connectivity index (χ1v) is 6.76. The molecule has 2 rings (SSSR count). The van der Waals surface area contributed by atoms with Crippen LogP contribution < -0.4 is 10.1 Å². The number of carbonyl (C=O) groups is 1. The van der Waals surface area contributed by atoms with Gasteiger partial charge in [0.05, 0.1) is 12.5 Å². The third kappa shape index (κ3) is 3.47. The average Bonchev–Trinajstić information content (AvgIpc) is 2.80. The second kappa shape index (κ2) is 6.06. The standard InChI is InChI=1S/C15H21NO3/c1-10(2)13(15(17)18)9-16-8-11-3-4-14-12(7-11)5-6-19-14/h3-4,7,10,13,16H,5-6,8-9H2,1-2H3,(H,17,18). The summed E-state index contributed by atoms with van der Waals surface area (Å²) in [5.41, 5.74) is 2.43. The van der Waals surface area contributed by atoms with E-state index in [1.807, 2.05) is 26.0 Å². The predicted octanol–water partition coefficient (Wildman–Crippen LogP) is 2.07. The van der Waals surface area contributed by atoms with Gasteiger partial charge in [-0.2, -0.15) is 0 Å². The summed E-state index contributed by atoms with van der Waals surface area (Å²) >= 11 is 0. The molecule has 0 amide bonds. The Balaban J connectivity index is 1.87. The number of carboxylic acid groups (broad SMARTS) is 1. The van der Waals surface area contributed by atoms with Crippen molar-refractivity contribution in [1.82, 2.24) is 5.32 Å². The van der Waals surface area contributed by atoms with Crippen LogP contribution in [0, 0.1) is 11.8 Å². The minimum Gasteiger partial charge on any atom is -0.493 e. The molecule has 0 fully saturated rings. The first kappa shape index (κ1) is 13.9. The van der Waals surface area contributed by atoms with Crippen molar-refractivity contribution in [3.63, 3.8) is 0 Å². The van der Waals surface area contributed by atoms with Gasteiger partial charge < -0.3 is 15.2 Å². The molecule has 0 saturated heterocycles. The van der Waals surface area contributed by atoms with Crippen LogP contribution in [0.4, 0.5) is 0 Å². The van der Waals surface area contributed by atoms with Gasteiger partial charge in [-0.3, -0.25) is 4.79 Å². The molecule has 104 valence electrons. The van der Waals surface area contributed by atoms with E-state index in [0.717, 1.165) is 18.8 Å². The number of rotatable bonds is 6. The van der Waals surface area contributed by atoms with Crippen molar-refractivity contribution < 1.29 is 14.6 Å². The van der Waals surface area contributed by atoms with Crippen molar-refractivity contribution in [3.8, 4) is 5.75 Å². The van der Waals surface area contributed by atoms with Crippen molar-refractivity contribution in [2.75, 3.05) is 13.2 Å². The normalized spacial score (nSPS) is 15.1. The van der Waals surface area contributed by atoms with Gasteiger partial charge in [0.25, 0.3) is 0 Å². The zero-order valence-corrected chi connectivity index (χ0v) is 11.5. The van der Waals surface area contributed by atoms with E-state index < -0.39 is 5.97 Å². The summed E-state index contributed by atoms with van der Waals surface area (Å²) in [5.74, 6) is 0.0513. The van der Waals surface area contributed by atoms with Crippen LogP contribution in [0.15, 0.2) is 18.2 Å². The van der Waals surface area contributed by atoms with Crippen LogP contribution in [0.2, 0.25) is 0 Å². The average molecular weight is 263 g/mol. The Morgan fingerprint density at radius 3 is 2.95 bits per heavy atom. The number of hydrogen-bond acceptors (Lipinski definition) is 3. The third-order valence-electron chi connectivity index (χ3n) is 3.57. The van der Waals surface area contributed by atoms with Crippen LogP contribution in [0.3, 0.4) is 0 Å². The molecule has 0 radical (unpaired) electrons. The van der Waals surface area contributed by atoms with Crippen molar-refractivity contribution in [3.05, 3.63) is 29.3 Å². The quantitative estimate of drug-likeness (QED) is 0.825. The molecule has 4 heteroatoms. The molecule has 1 aromatic rings. The zero-order valence-electron chi connectivity index (χ0n) is 11.5. The van der Waals surface area contributed by atoms with E-state index in [0.29, 0.717) is 13.1 Å². The fourth-order valence-electron chi connectivity index (χ4n) is 2.33. The first-order valence-electron chi connectivity index (χ1n) is 6.76. The number of nitrogens with one attached hydrogen (secondary N) is 1. The summed E-state index contributed by atoms with van der Waals surface area (Å²) < 4.78 is 5.46. The van der Waals surface area contributed by atoms with Crippen molar-refractivity contribution in [2.24, 2.45) is 11.8 Å². The number of ether oxygens (including phenoxy) is 1. The predicted molar refractivity (Wildman–Crippen MR) is 73.3 cm³/mol. The lowest BCUT2D eigenvalue weighted by atomic mass is 9.96. The van der Waals surface area contributed by atoms with Gasteiger partial charge in [0.15, 0.2) is 0 Å². The molecule has 1 atom stereocenters. The molecular formula is C15H21NO3. The first-order chi connectivity index (χ1) is 9.08. The molecular weight excluding hydrogens is 242 g/mol. The van der Waals surface area contributed by atoms with E-state index in [-0.39, 0.29) is 11.8 Å². The fraction of sp³-hybridized carbons (Fsp3) is 0.533. The summed E-state index contributed by atoms with van der Waals surface area (Å²) in [6, 6.07) is 6.17. The number of hydrogen-bond donors (Lipinski definition) is 2. The maximum atomic E-state index is 11.1. The molecule has 0 bridgehead atoms. The highest BCUT2D eigenvalue weighted by Gasteiger charge is 2.20. The Morgan fingerprint density at radius 1 is 1.47 bits per heavy atom. The molecule has 4 nitrogen and oxygen atoms in total. The second-order valence-corrected chi connectivity index (χ2v) is 5.36. The van der Waals surface area contributed by atoms with E-state index in [1.165, 1.54) is 11.1 Å². The number of benzene rings is 1. The fourth-order valence-corrected chi connectivity index (χ4v) is 2.33. The Hall–Kier alpha value is -1.55. The molecule has 2 N–H and O–H groups in total. The van der Waals surface area contributed by atoms with Gasteiger partial charge in [-0.1, -0.05) is 26.0 Å². The van der Waals surface area contributed by atoms with Gasteiger partial charge in [-0.25, -0.2) is 0 Å². The highest BCUT2D eigenvalue weighted by molar-refractivity contribution is 5.70. The van der Waals surface area contributed by atoms with Gasteiger partial charge in [0.1, 0.15) is 5.75 Å². The Labute approximate surface area is 113 Å². The molecule has 1 aliphatic rings. The highest BCUT2D eigenvalue weighted by atomic mass is 16.5. The van der Waals surface area contributed by atoms with Crippen molar-refractivity contribution >= 4 is 5.97 Å². The van der Waals surface area contributed by atoms with Gasteiger partial charge in [0.2, 0.25) is 0 Å². The highest BCUT2D eigenvalue weighted by Crippen LogP contribution is 2.25. The summed E-state index contributed by atoms with van der Waals surface area (Å²) in [7, 11) is 0. The molecule has 1 aromatic carbocycles. The smallest absolute Gasteiger partial charge is 0.308 e. The van der Waals surface area contributed by atoms with Gasteiger partial charge in [-0.05, 0) is 23.1 Å². The third-order valence-corrected chi connectivity index (χ3v) is 3.57. The Morgan fingerprint density at radius 2 is 2.26 bits per heavy atom. The Bertz CT molecular complexity index is 457. The minimum absolute atomic E-state index is 0.137. The SMILES string of the molecule is CC(C)C(CNCc1ccc2c(c1)CCO2)C(=O)O. The van der Waals surface area contributed by atoms with E-state index in [1.54, 1.807) is 0 Å². The monoisotopic (exact) mass is 263 g/mol. The van der Waals surface area contributed by atoms with E-state index in [4.69, 9.17) is 9.84 Å². The van der Waals surface area contributed by atoms with Crippen LogP contribution in [-0.2, 0) is 17.8 Å². The van der Waals surface area contributed by atoms with Crippen LogP contribution in [0.25, 0.3) is 0 Å². The Kier molecular flexibility index (Phi) is 4.43. The number of carboxylic acids is 1.